The van der Waals surface area contributed by atoms with Gasteiger partial charge in [-0.05, 0) is 49.7 Å². The van der Waals surface area contributed by atoms with E-state index in [0.29, 0.717) is 35.1 Å². The zero-order chi connectivity index (χ0) is 24.2. The van der Waals surface area contributed by atoms with Gasteiger partial charge in [0.05, 0.1) is 26.5 Å². The number of amides is 2. The van der Waals surface area contributed by atoms with Gasteiger partial charge in [0.1, 0.15) is 23.8 Å². The molecule has 0 aromatic heterocycles. The molecule has 9 heteroatoms. The number of methoxy groups -OCH3 is 2. The molecule has 0 saturated carbocycles. The topological polar surface area (TPSA) is 112 Å². The van der Waals surface area contributed by atoms with Gasteiger partial charge in [0.25, 0.3) is 11.8 Å². The second-order valence-corrected chi connectivity index (χ2v) is 7.10. The Balaban J connectivity index is 1.82. The summed E-state index contributed by atoms with van der Waals surface area (Å²) >= 11 is 0. The monoisotopic (exact) mass is 458 g/mol. The number of anilines is 1. The predicted octanol–water partition coefficient (Wildman–Crippen LogP) is 3.18. The van der Waals surface area contributed by atoms with E-state index >= 15 is 0 Å². The maximum absolute atomic E-state index is 12.4. The van der Waals surface area contributed by atoms with Crippen LogP contribution in [0.1, 0.15) is 37.0 Å². The van der Waals surface area contributed by atoms with E-state index < -0.39 is 23.9 Å². The van der Waals surface area contributed by atoms with Crippen molar-refractivity contribution in [2.45, 2.75) is 32.8 Å². The minimum Gasteiger partial charge on any atom is -0.497 e. The second kappa shape index (κ2) is 12.9. The first-order valence-corrected chi connectivity index (χ1v) is 10.6. The summed E-state index contributed by atoms with van der Waals surface area (Å²) in [6, 6.07) is 11.5. The van der Waals surface area contributed by atoms with E-state index in [2.05, 4.69) is 17.6 Å². The third kappa shape index (κ3) is 8.03. The van der Waals surface area contributed by atoms with Gasteiger partial charge in [-0.1, -0.05) is 13.3 Å². The van der Waals surface area contributed by atoms with Gasteiger partial charge in [-0.25, -0.2) is 0 Å². The molecule has 0 radical (unpaired) electrons. The molecule has 0 aliphatic rings. The lowest BCUT2D eigenvalue weighted by Gasteiger charge is -2.16. The van der Waals surface area contributed by atoms with Crippen molar-refractivity contribution in [3.05, 3.63) is 48.0 Å². The van der Waals surface area contributed by atoms with Gasteiger partial charge >= 0.3 is 5.97 Å². The van der Waals surface area contributed by atoms with Crippen molar-refractivity contribution in [1.29, 1.82) is 0 Å². The van der Waals surface area contributed by atoms with Crippen LogP contribution in [0.5, 0.6) is 17.2 Å². The Labute approximate surface area is 193 Å². The van der Waals surface area contributed by atoms with Crippen molar-refractivity contribution in [2.24, 2.45) is 0 Å². The second-order valence-electron chi connectivity index (χ2n) is 7.10. The maximum atomic E-state index is 12.4. The Kier molecular flexibility index (Phi) is 10.0. The molecule has 0 heterocycles. The number of rotatable bonds is 12. The standard InChI is InChI=1S/C24H30N2O7/c1-5-6-13-32-18-9-7-17(8-10-18)24(29)25-15-22(27)33-16(2)23(28)26-20-14-19(30-3)11-12-21(20)31-4/h7-12,14,16H,5-6,13,15H2,1-4H3,(H,25,29)(H,26,28). The molecular formula is C24H30N2O7. The lowest BCUT2D eigenvalue weighted by molar-refractivity contribution is -0.152. The van der Waals surface area contributed by atoms with Gasteiger partial charge in [-0.3, -0.25) is 14.4 Å². The minimum absolute atomic E-state index is 0.375. The van der Waals surface area contributed by atoms with Crippen LogP contribution in [0.2, 0.25) is 0 Å². The SMILES string of the molecule is CCCCOc1ccc(C(=O)NCC(=O)OC(C)C(=O)Nc2cc(OC)ccc2OC)cc1. The lowest BCUT2D eigenvalue weighted by Crippen LogP contribution is -2.35. The Morgan fingerprint density at radius 3 is 2.30 bits per heavy atom. The Hall–Kier alpha value is -3.75. The van der Waals surface area contributed by atoms with E-state index in [1.165, 1.54) is 21.1 Å². The van der Waals surface area contributed by atoms with Crippen LogP contribution in [0.3, 0.4) is 0 Å². The molecule has 2 rings (SSSR count). The van der Waals surface area contributed by atoms with E-state index in [1.54, 1.807) is 42.5 Å². The fourth-order valence-electron chi connectivity index (χ4n) is 2.73. The number of carbonyl (C=O) groups is 3. The highest BCUT2D eigenvalue weighted by Crippen LogP contribution is 2.29. The van der Waals surface area contributed by atoms with E-state index in [9.17, 15) is 14.4 Å². The maximum Gasteiger partial charge on any atom is 0.326 e. The summed E-state index contributed by atoms with van der Waals surface area (Å²) in [6.07, 6.45) is 0.893. The van der Waals surface area contributed by atoms with Crippen molar-refractivity contribution < 1.29 is 33.3 Å². The molecule has 33 heavy (non-hydrogen) atoms. The molecule has 2 aromatic carbocycles. The Morgan fingerprint density at radius 1 is 0.970 bits per heavy atom. The Bertz CT molecular complexity index is 944. The fourth-order valence-corrected chi connectivity index (χ4v) is 2.73. The predicted molar refractivity (Wildman–Crippen MR) is 123 cm³/mol. The summed E-state index contributed by atoms with van der Waals surface area (Å²) in [6.45, 7) is 3.74. The number of carbonyl (C=O) groups excluding carboxylic acids is 3. The number of benzene rings is 2. The van der Waals surface area contributed by atoms with Crippen LogP contribution in [0.15, 0.2) is 42.5 Å². The van der Waals surface area contributed by atoms with Crippen LogP contribution in [0.25, 0.3) is 0 Å². The summed E-state index contributed by atoms with van der Waals surface area (Å²) in [4.78, 5) is 36.8. The molecule has 0 aliphatic carbocycles. The number of hydrogen-bond acceptors (Lipinski definition) is 7. The van der Waals surface area contributed by atoms with Crippen LogP contribution in [0, 0.1) is 0 Å². The lowest BCUT2D eigenvalue weighted by atomic mass is 10.2. The van der Waals surface area contributed by atoms with Crippen LogP contribution in [0.4, 0.5) is 5.69 Å². The summed E-state index contributed by atoms with van der Waals surface area (Å²) in [5.41, 5.74) is 0.752. The fraction of sp³-hybridized carbons (Fsp3) is 0.375. The first kappa shape index (κ1) is 25.5. The molecule has 0 spiro atoms. The molecule has 1 atom stereocenters. The quantitative estimate of drug-likeness (QED) is 0.371. The molecule has 0 aliphatic heterocycles. The van der Waals surface area contributed by atoms with Crippen molar-refractivity contribution in [3.63, 3.8) is 0 Å². The van der Waals surface area contributed by atoms with Crippen molar-refractivity contribution in [2.75, 3.05) is 32.7 Å². The molecule has 0 saturated heterocycles. The number of esters is 1. The molecule has 0 fully saturated rings. The summed E-state index contributed by atoms with van der Waals surface area (Å²) < 4.78 is 21.0. The van der Waals surface area contributed by atoms with Crippen molar-refractivity contribution >= 4 is 23.5 Å². The molecule has 1 unspecified atom stereocenters. The highest BCUT2D eigenvalue weighted by molar-refractivity contribution is 5.98. The Morgan fingerprint density at radius 2 is 1.67 bits per heavy atom. The molecule has 178 valence electrons. The minimum atomic E-state index is -1.09. The zero-order valence-electron chi connectivity index (χ0n) is 19.3. The van der Waals surface area contributed by atoms with Crippen LogP contribution < -0.4 is 24.8 Å². The summed E-state index contributed by atoms with van der Waals surface area (Å²) in [7, 11) is 2.97. The normalized spacial score (nSPS) is 11.2. The van der Waals surface area contributed by atoms with Gasteiger partial charge in [0.15, 0.2) is 6.10 Å². The number of unbranched alkanes of at least 4 members (excludes halogenated alkanes) is 1. The third-order valence-corrected chi connectivity index (χ3v) is 4.62. The molecular weight excluding hydrogens is 428 g/mol. The van der Waals surface area contributed by atoms with Gasteiger partial charge in [-0.2, -0.15) is 0 Å². The van der Waals surface area contributed by atoms with Crippen LogP contribution >= 0.6 is 0 Å². The van der Waals surface area contributed by atoms with E-state index in [0.717, 1.165) is 12.8 Å². The van der Waals surface area contributed by atoms with Crippen molar-refractivity contribution in [1.82, 2.24) is 5.32 Å². The van der Waals surface area contributed by atoms with Gasteiger partial charge in [0, 0.05) is 11.6 Å². The van der Waals surface area contributed by atoms with Gasteiger partial charge in [0.2, 0.25) is 0 Å². The highest BCUT2D eigenvalue weighted by Gasteiger charge is 2.20. The number of ether oxygens (including phenoxy) is 4. The van der Waals surface area contributed by atoms with Crippen LogP contribution in [-0.2, 0) is 14.3 Å². The largest absolute Gasteiger partial charge is 0.497 e. The number of nitrogens with one attached hydrogen (secondary N) is 2. The molecule has 9 nitrogen and oxygen atoms in total. The average molecular weight is 459 g/mol. The molecule has 2 N–H and O–H groups in total. The first-order valence-electron chi connectivity index (χ1n) is 10.6. The summed E-state index contributed by atoms with van der Waals surface area (Å²) in [5.74, 6) is -0.115. The first-order chi connectivity index (χ1) is 15.9. The summed E-state index contributed by atoms with van der Waals surface area (Å²) in [5, 5.41) is 5.11. The van der Waals surface area contributed by atoms with Crippen LogP contribution in [-0.4, -0.2) is 51.3 Å². The van der Waals surface area contributed by atoms with Gasteiger partial charge in [-0.15, -0.1) is 0 Å². The molecule has 2 amide bonds. The van der Waals surface area contributed by atoms with E-state index in [1.807, 2.05) is 0 Å². The number of hydrogen-bond donors (Lipinski definition) is 2. The van der Waals surface area contributed by atoms with E-state index in [-0.39, 0.29) is 6.54 Å². The zero-order valence-corrected chi connectivity index (χ0v) is 19.3. The van der Waals surface area contributed by atoms with Gasteiger partial charge < -0.3 is 29.6 Å². The average Bonchev–Trinajstić information content (AvgIpc) is 2.83. The highest BCUT2D eigenvalue weighted by atomic mass is 16.5. The van der Waals surface area contributed by atoms with Crippen molar-refractivity contribution in [3.8, 4) is 17.2 Å². The van der Waals surface area contributed by atoms with E-state index in [4.69, 9.17) is 18.9 Å². The smallest absolute Gasteiger partial charge is 0.326 e. The molecule has 0 bridgehead atoms. The third-order valence-electron chi connectivity index (χ3n) is 4.62. The molecule has 2 aromatic rings.